The molecule has 9 aromatic rings. The van der Waals surface area contributed by atoms with Gasteiger partial charge in [-0.05, 0) is 158 Å². The molecule has 93 heavy (non-hydrogen) atoms. The van der Waals surface area contributed by atoms with Gasteiger partial charge in [-0.3, -0.25) is 44.0 Å². The summed E-state index contributed by atoms with van der Waals surface area (Å²) >= 11 is 9.30. The van der Waals surface area contributed by atoms with Gasteiger partial charge in [-0.2, -0.15) is 0 Å². The second-order valence-electron chi connectivity index (χ2n) is 26.4. The Morgan fingerprint density at radius 3 is 0.882 bits per heavy atom. The SMILES string of the molecule is CC(=O)Nc1sc2c(c1-c1nc3cnccc3s1)CC(C)N(C(=O)OC(C)(C)C)C2C.CC(=O)Nc1sc2c(c1-c1nc3cnccc3s1)C[C@@H](C)N(C(=O)OC(C)(C)C)[C@@H]2C.CC(=O)Nc1sc2c(c1-c1nc3cnccc3s1)C[C@H](C)N(C(=O)OC(C)(C)C)[C@H]2C. The Morgan fingerprint density at radius 1 is 0.419 bits per heavy atom. The van der Waals surface area contributed by atoms with Crippen LogP contribution in [0.2, 0.25) is 0 Å². The van der Waals surface area contributed by atoms with E-state index in [4.69, 9.17) is 29.2 Å². The molecule has 6 atom stereocenters. The van der Waals surface area contributed by atoms with E-state index in [1.165, 1.54) is 54.8 Å². The molecule has 3 aliphatic heterocycles. The Bertz CT molecular complexity index is 3820. The molecule has 0 bridgehead atoms. The van der Waals surface area contributed by atoms with E-state index in [1.807, 2.05) is 122 Å². The molecule has 6 amide bonds. The highest BCUT2D eigenvalue weighted by Gasteiger charge is 2.43. The third kappa shape index (κ3) is 14.9. The van der Waals surface area contributed by atoms with E-state index in [9.17, 15) is 28.8 Å². The predicted molar refractivity (Wildman–Crippen MR) is 374 cm³/mol. The summed E-state index contributed by atoms with van der Waals surface area (Å²) in [5.41, 5.74) is 7.11. The van der Waals surface area contributed by atoms with Crippen LogP contribution in [-0.2, 0) is 47.9 Å². The van der Waals surface area contributed by atoms with Gasteiger partial charge in [0, 0.05) is 88.8 Å². The van der Waals surface area contributed by atoms with Gasteiger partial charge in [-0.25, -0.2) is 29.3 Å². The van der Waals surface area contributed by atoms with Crippen LogP contribution in [-0.4, -0.2) is 116 Å². The zero-order chi connectivity index (χ0) is 67.5. The quantitative estimate of drug-likeness (QED) is 0.131. The summed E-state index contributed by atoms with van der Waals surface area (Å²) in [6, 6.07) is 5.18. The number of thiazole rings is 3. The highest BCUT2D eigenvalue weighted by Crippen LogP contribution is 2.53. The third-order valence-corrected chi connectivity index (χ3v) is 22.4. The van der Waals surface area contributed by atoms with Crippen LogP contribution in [0.5, 0.6) is 0 Å². The first-order chi connectivity index (χ1) is 43.6. The van der Waals surface area contributed by atoms with E-state index in [1.54, 1.807) is 85.9 Å². The molecule has 492 valence electrons. The fraction of sp³-hybridized carbons (Fsp3) is 0.455. The molecule has 0 radical (unpaired) electrons. The van der Waals surface area contributed by atoms with Crippen molar-refractivity contribution in [1.29, 1.82) is 0 Å². The number of carbonyl (C=O) groups is 6. The summed E-state index contributed by atoms with van der Waals surface area (Å²) in [5.74, 6) is -0.396. The molecule has 21 nitrogen and oxygen atoms in total. The highest BCUT2D eigenvalue weighted by atomic mass is 32.1. The van der Waals surface area contributed by atoms with Gasteiger partial charge in [0.25, 0.3) is 0 Å². The average Bonchev–Trinajstić information content (AvgIpc) is 1.63. The first kappa shape index (κ1) is 68.3. The molecular formula is C66H78N12O9S6. The first-order valence-corrected chi connectivity index (χ1v) is 35.5. The van der Waals surface area contributed by atoms with Crippen LogP contribution in [0.4, 0.5) is 29.4 Å². The number of hydrogen-bond acceptors (Lipinski definition) is 21. The molecule has 0 spiro atoms. The molecule has 9 aromatic heterocycles. The molecule has 0 fully saturated rings. The van der Waals surface area contributed by atoms with Gasteiger partial charge in [-0.15, -0.1) is 68.0 Å². The van der Waals surface area contributed by atoms with Crippen molar-refractivity contribution in [1.82, 2.24) is 44.6 Å². The van der Waals surface area contributed by atoms with Crippen LogP contribution in [0, 0.1) is 0 Å². The summed E-state index contributed by atoms with van der Waals surface area (Å²) in [7, 11) is 0. The lowest BCUT2D eigenvalue weighted by atomic mass is 9.93. The second-order valence-corrected chi connectivity index (χ2v) is 32.7. The van der Waals surface area contributed by atoms with Crippen LogP contribution >= 0.6 is 68.0 Å². The van der Waals surface area contributed by atoms with Crippen molar-refractivity contribution in [3.8, 4) is 31.7 Å². The number of amides is 6. The van der Waals surface area contributed by atoms with Crippen molar-refractivity contribution < 1.29 is 43.0 Å². The number of pyridine rings is 3. The molecule has 0 saturated carbocycles. The fourth-order valence-corrected chi connectivity index (χ4v) is 19.0. The van der Waals surface area contributed by atoms with E-state index in [2.05, 4.69) is 30.9 Å². The number of rotatable bonds is 6. The number of nitrogens with one attached hydrogen (secondary N) is 3. The Kier molecular flexibility index (Phi) is 19.6. The molecule has 0 aliphatic carbocycles. The van der Waals surface area contributed by atoms with E-state index in [0.717, 1.165) is 109 Å². The number of nitrogens with zero attached hydrogens (tertiary/aromatic N) is 9. The molecular weight excluding hydrogens is 1300 g/mol. The number of hydrogen-bond donors (Lipinski definition) is 3. The molecule has 0 aromatic carbocycles. The van der Waals surface area contributed by atoms with Crippen molar-refractivity contribution in [3.05, 3.63) is 86.7 Å². The van der Waals surface area contributed by atoms with Gasteiger partial charge >= 0.3 is 18.3 Å². The normalized spacial score (nSPS) is 18.7. The van der Waals surface area contributed by atoms with Crippen LogP contribution in [0.1, 0.15) is 174 Å². The van der Waals surface area contributed by atoms with E-state index in [-0.39, 0.29) is 72.3 Å². The topological polar surface area (TPSA) is 253 Å². The maximum absolute atomic E-state index is 12.9. The lowest BCUT2D eigenvalue weighted by Crippen LogP contribution is -2.46. The zero-order valence-electron chi connectivity index (χ0n) is 55.4. The van der Waals surface area contributed by atoms with Gasteiger partial charge < -0.3 is 30.2 Å². The lowest BCUT2D eigenvalue weighted by molar-refractivity contribution is -0.115. The summed E-state index contributed by atoms with van der Waals surface area (Å²) in [4.78, 5) is 110. The summed E-state index contributed by atoms with van der Waals surface area (Å²) < 4.78 is 20.1. The standard InChI is InChI=1S/3C22H26N4O3S2/c3*1-11-9-14-17(20-25-15-10-23-8-7-16(15)30-20)19(24-13(3)27)31-18(14)12(2)26(11)21(28)29-22(4,5)6/h3*7-8,10-12H,9H2,1-6H3,(H,24,27)/t2*11-,12-;/m10./s1. The number of ether oxygens (including phenoxy) is 3. The number of fused-ring (bicyclic) bond motifs is 6. The van der Waals surface area contributed by atoms with E-state index in [0.29, 0.717) is 19.3 Å². The second kappa shape index (κ2) is 26.7. The van der Waals surface area contributed by atoms with Crippen LogP contribution in [0.3, 0.4) is 0 Å². The number of thiophene rings is 3. The molecule has 12 heterocycles. The van der Waals surface area contributed by atoms with Crippen molar-refractivity contribution in [3.63, 3.8) is 0 Å². The lowest BCUT2D eigenvalue weighted by Gasteiger charge is -2.39. The van der Waals surface area contributed by atoms with Crippen LogP contribution < -0.4 is 16.0 Å². The largest absolute Gasteiger partial charge is 0.444 e. The Balaban J connectivity index is 0.000000153. The van der Waals surface area contributed by atoms with Gasteiger partial charge in [0.1, 0.15) is 63.4 Å². The van der Waals surface area contributed by atoms with E-state index < -0.39 is 16.8 Å². The zero-order valence-corrected chi connectivity index (χ0v) is 60.3. The van der Waals surface area contributed by atoms with Crippen molar-refractivity contribution in [2.45, 2.75) is 197 Å². The Morgan fingerprint density at radius 2 is 0.667 bits per heavy atom. The van der Waals surface area contributed by atoms with Crippen LogP contribution in [0.15, 0.2) is 55.4 Å². The van der Waals surface area contributed by atoms with Crippen molar-refractivity contribution in [2.75, 3.05) is 16.0 Å². The molecule has 27 heteroatoms. The van der Waals surface area contributed by atoms with E-state index >= 15 is 0 Å². The molecule has 12 rings (SSSR count). The summed E-state index contributed by atoms with van der Waals surface area (Å²) in [6.07, 6.45) is 11.6. The minimum absolute atomic E-state index is 0.0491. The third-order valence-electron chi connectivity index (χ3n) is 15.3. The van der Waals surface area contributed by atoms with Gasteiger partial charge in [0.15, 0.2) is 0 Å². The van der Waals surface area contributed by atoms with Crippen molar-refractivity contribution in [2.24, 2.45) is 0 Å². The number of anilines is 3. The maximum atomic E-state index is 12.9. The molecule has 2 unspecified atom stereocenters. The minimum Gasteiger partial charge on any atom is -0.444 e. The van der Waals surface area contributed by atoms with Gasteiger partial charge in [0.05, 0.1) is 50.8 Å². The first-order valence-electron chi connectivity index (χ1n) is 30.6. The summed E-state index contributed by atoms with van der Waals surface area (Å²) in [6.45, 7) is 33.5. The predicted octanol–water partition coefficient (Wildman–Crippen LogP) is 16.9. The Labute approximate surface area is 564 Å². The maximum Gasteiger partial charge on any atom is 0.411 e. The molecule has 3 aliphatic rings. The number of aromatic nitrogens is 6. The van der Waals surface area contributed by atoms with Crippen molar-refractivity contribution >= 4 is 150 Å². The molecule has 3 N–H and O–H groups in total. The van der Waals surface area contributed by atoms with Gasteiger partial charge in [0.2, 0.25) is 17.7 Å². The minimum atomic E-state index is -0.562. The number of carbonyl (C=O) groups excluding carboxylic acids is 6. The highest BCUT2D eigenvalue weighted by molar-refractivity contribution is 7.24. The summed E-state index contributed by atoms with van der Waals surface area (Å²) in [5, 5.41) is 13.8. The fourth-order valence-electron chi connectivity index (χ4n) is 11.8. The van der Waals surface area contributed by atoms with Gasteiger partial charge in [-0.1, -0.05) is 0 Å². The Hall–Kier alpha value is -7.56. The molecule has 0 saturated heterocycles. The average molecular weight is 1380 g/mol. The smallest absolute Gasteiger partial charge is 0.411 e. The monoisotopic (exact) mass is 1370 g/mol. The van der Waals surface area contributed by atoms with Crippen LogP contribution in [0.25, 0.3) is 62.4 Å².